The SMILES string of the molecule is CC(C)(C)OC(=O)N1C[C@H](F)C[C@@H](Oc2ccc3c(c2)CN(C2CCC(=O)N(COCC[Si](C)(C)C)C2=O)C3=O)C1. The second-order valence-corrected chi connectivity index (χ2v) is 18.9. The van der Waals surface area contributed by atoms with Crippen molar-refractivity contribution >= 4 is 31.9 Å². The third-order valence-electron chi connectivity index (χ3n) is 7.30. The van der Waals surface area contributed by atoms with Gasteiger partial charge in [-0.3, -0.25) is 19.3 Å². The van der Waals surface area contributed by atoms with Crippen LogP contribution in [0.2, 0.25) is 25.7 Å². The summed E-state index contributed by atoms with van der Waals surface area (Å²) in [5.74, 6) is -0.552. The maximum absolute atomic E-state index is 14.5. The summed E-state index contributed by atoms with van der Waals surface area (Å²) in [6, 6.07) is 5.17. The Labute approximate surface area is 242 Å². The molecule has 4 amide bonds. The number of carbonyl (C=O) groups excluding carboxylic acids is 4. The number of piperidine rings is 2. The minimum Gasteiger partial charge on any atom is -0.488 e. The molecule has 0 spiro atoms. The highest BCUT2D eigenvalue weighted by Crippen LogP contribution is 2.32. The normalized spacial score (nSPS) is 23.6. The predicted molar refractivity (Wildman–Crippen MR) is 152 cm³/mol. The van der Waals surface area contributed by atoms with E-state index in [1.165, 1.54) is 9.80 Å². The predicted octanol–water partition coefficient (Wildman–Crippen LogP) is 4.20. The Morgan fingerprint density at radius 1 is 1.12 bits per heavy atom. The number of hydrogen-bond acceptors (Lipinski definition) is 7. The summed E-state index contributed by atoms with van der Waals surface area (Å²) in [5, 5.41) is 0. The number of fused-ring (bicyclic) bond motifs is 1. The molecule has 0 aromatic heterocycles. The zero-order chi connectivity index (χ0) is 30.1. The number of imide groups is 1. The Morgan fingerprint density at radius 3 is 2.54 bits per heavy atom. The Kier molecular flexibility index (Phi) is 9.12. The number of rotatable bonds is 8. The summed E-state index contributed by atoms with van der Waals surface area (Å²) >= 11 is 0. The van der Waals surface area contributed by atoms with E-state index in [1.54, 1.807) is 39.0 Å². The van der Waals surface area contributed by atoms with E-state index in [4.69, 9.17) is 14.2 Å². The Hall–Kier alpha value is -2.99. The molecule has 0 saturated carbocycles. The average Bonchev–Trinajstić information content (AvgIpc) is 3.16. The quantitative estimate of drug-likeness (QED) is 0.254. The van der Waals surface area contributed by atoms with Gasteiger partial charge in [-0.1, -0.05) is 19.6 Å². The average molecular weight is 592 g/mol. The maximum Gasteiger partial charge on any atom is 0.410 e. The molecule has 4 rings (SSSR count). The molecule has 3 aliphatic heterocycles. The Bertz CT molecular complexity index is 1180. The molecule has 3 atom stereocenters. The molecule has 2 saturated heterocycles. The number of ether oxygens (including phenoxy) is 3. The fraction of sp³-hybridized carbons (Fsp3) is 0.655. The summed E-state index contributed by atoms with van der Waals surface area (Å²) in [4.78, 5) is 55.5. The summed E-state index contributed by atoms with van der Waals surface area (Å²) < 4.78 is 31.6. The molecule has 0 aliphatic carbocycles. The van der Waals surface area contributed by atoms with E-state index in [0.717, 1.165) is 10.9 Å². The number of hydrogen-bond donors (Lipinski definition) is 0. The van der Waals surface area contributed by atoms with Gasteiger partial charge >= 0.3 is 6.09 Å². The fourth-order valence-electron chi connectivity index (χ4n) is 5.17. The van der Waals surface area contributed by atoms with Crippen LogP contribution < -0.4 is 4.74 Å². The highest BCUT2D eigenvalue weighted by molar-refractivity contribution is 6.76. The van der Waals surface area contributed by atoms with Crippen molar-refractivity contribution in [3.05, 3.63) is 29.3 Å². The molecule has 3 aliphatic rings. The van der Waals surface area contributed by atoms with Crippen LogP contribution in [-0.4, -0.2) is 96.9 Å². The largest absolute Gasteiger partial charge is 0.488 e. The number of carbonyl (C=O) groups is 4. The number of alkyl halides is 1. The number of amides is 4. The Morgan fingerprint density at radius 2 is 1.85 bits per heavy atom. The topological polar surface area (TPSA) is 106 Å². The molecule has 41 heavy (non-hydrogen) atoms. The number of benzene rings is 1. The van der Waals surface area contributed by atoms with Gasteiger partial charge in [0.05, 0.1) is 13.1 Å². The third kappa shape index (κ3) is 7.85. The molecule has 2 fully saturated rings. The molecule has 0 bridgehead atoms. The monoisotopic (exact) mass is 591 g/mol. The first-order valence-electron chi connectivity index (χ1n) is 14.3. The van der Waals surface area contributed by atoms with Gasteiger partial charge in [-0.05, 0) is 57.0 Å². The molecule has 3 heterocycles. The fourth-order valence-corrected chi connectivity index (χ4v) is 5.93. The molecular formula is C29H42FN3O7Si. The lowest BCUT2D eigenvalue weighted by Crippen LogP contribution is -2.55. The highest BCUT2D eigenvalue weighted by atomic mass is 28.3. The smallest absolute Gasteiger partial charge is 0.410 e. The van der Waals surface area contributed by atoms with E-state index < -0.39 is 44.0 Å². The number of halogens is 1. The van der Waals surface area contributed by atoms with E-state index in [9.17, 15) is 23.6 Å². The van der Waals surface area contributed by atoms with Crippen molar-refractivity contribution in [3.8, 4) is 5.75 Å². The van der Waals surface area contributed by atoms with Crippen LogP contribution in [-0.2, 0) is 25.6 Å². The Balaban J connectivity index is 1.39. The van der Waals surface area contributed by atoms with Crippen LogP contribution in [0.1, 0.15) is 56.0 Å². The van der Waals surface area contributed by atoms with Crippen LogP contribution in [0.25, 0.3) is 0 Å². The lowest BCUT2D eigenvalue weighted by atomic mass is 10.0. The van der Waals surface area contributed by atoms with Crippen LogP contribution in [0.4, 0.5) is 9.18 Å². The molecule has 0 radical (unpaired) electrons. The van der Waals surface area contributed by atoms with Crippen LogP contribution in [0, 0.1) is 0 Å². The van der Waals surface area contributed by atoms with Gasteiger partial charge in [-0.2, -0.15) is 0 Å². The second-order valence-electron chi connectivity index (χ2n) is 13.3. The summed E-state index contributed by atoms with van der Waals surface area (Å²) in [7, 11) is -1.32. The zero-order valence-electron chi connectivity index (χ0n) is 24.9. The van der Waals surface area contributed by atoms with Crippen LogP contribution in [0.15, 0.2) is 18.2 Å². The zero-order valence-corrected chi connectivity index (χ0v) is 25.9. The van der Waals surface area contributed by atoms with Gasteiger partial charge < -0.3 is 24.0 Å². The van der Waals surface area contributed by atoms with Crippen molar-refractivity contribution < 1.29 is 37.8 Å². The third-order valence-corrected chi connectivity index (χ3v) is 9.01. The standard InChI is InChI=1S/C29H42FN3O7Si/c1-29(2,3)40-28(37)31-16-20(30)14-22(17-31)39-21-7-8-23-19(13-21)15-32(26(23)35)24-9-10-25(34)33(27(24)36)18-38-11-12-41(4,5)6/h7-8,13,20,22,24H,9-12,14-18H2,1-6H3/t20-,22-,24?/m1/s1. The minimum atomic E-state index is -1.32. The summed E-state index contributed by atoms with van der Waals surface area (Å²) in [6.45, 7) is 12.6. The highest BCUT2D eigenvalue weighted by Gasteiger charge is 2.43. The molecule has 226 valence electrons. The van der Waals surface area contributed by atoms with Gasteiger partial charge in [0.2, 0.25) is 5.91 Å². The van der Waals surface area contributed by atoms with Crippen LogP contribution in [0.5, 0.6) is 5.75 Å². The first-order chi connectivity index (χ1) is 19.1. The lowest BCUT2D eigenvalue weighted by molar-refractivity contribution is -0.158. The van der Waals surface area contributed by atoms with Crippen molar-refractivity contribution in [2.24, 2.45) is 0 Å². The lowest BCUT2D eigenvalue weighted by Gasteiger charge is -2.35. The van der Waals surface area contributed by atoms with Crippen molar-refractivity contribution in [1.29, 1.82) is 0 Å². The van der Waals surface area contributed by atoms with Crippen LogP contribution in [0.3, 0.4) is 0 Å². The van der Waals surface area contributed by atoms with E-state index in [1.807, 2.05) is 0 Å². The molecule has 1 unspecified atom stereocenters. The van der Waals surface area contributed by atoms with E-state index in [0.29, 0.717) is 23.5 Å². The summed E-state index contributed by atoms with van der Waals surface area (Å²) in [5.41, 5.74) is 0.453. The second kappa shape index (κ2) is 12.1. The number of nitrogens with zero attached hydrogens (tertiary/aromatic N) is 3. The maximum atomic E-state index is 14.5. The van der Waals surface area contributed by atoms with Crippen LogP contribution >= 0.6 is 0 Å². The van der Waals surface area contributed by atoms with Gasteiger partial charge in [0, 0.05) is 39.6 Å². The first kappa shape index (κ1) is 31.0. The summed E-state index contributed by atoms with van der Waals surface area (Å²) in [6.07, 6.45) is -1.89. The van der Waals surface area contributed by atoms with Gasteiger partial charge in [0.15, 0.2) is 0 Å². The molecule has 12 heteroatoms. The van der Waals surface area contributed by atoms with Gasteiger partial charge in [0.1, 0.15) is 36.4 Å². The minimum absolute atomic E-state index is 0.0548. The van der Waals surface area contributed by atoms with E-state index in [-0.39, 0.29) is 57.4 Å². The van der Waals surface area contributed by atoms with Gasteiger partial charge in [-0.25, -0.2) is 9.18 Å². The van der Waals surface area contributed by atoms with Gasteiger partial charge in [-0.15, -0.1) is 0 Å². The van der Waals surface area contributed by atoms with Crippen molar-refractivity contribution in [3.63, 3.8) is 0 Å². The molecule has 0 N–H and O–H groups in total. The molecule has 1 aromatic carbocycles. The van der Waals surface area contributed by atoms with Crippen molar-refractivity contribution in [1.82, 2.24) is 14.7 Å². The molecule has 1 aromatic rings. The number of likely N-dealkylation sites (tertiary alicyclic amines) is 2. The van der Waals surface area contributed by atoms with E-state index >= 15 is 0 Å². The van der Waals surface area contributed by atoms with Gasteiger partial charge in [0.25, 0.3) is 11.8 Å². The van der Waals surface area contributed by atoms with E-state index in [2.05, 4.69) is 19.6 Å². The molecular weight excluding hydrogens is 549 g/mol. The first-order valence-corrected chi connectivity index (χ1v) is 18.0. The van der Waals surface area contributed by atoms with Crippen molar-refractivity contribution in [2.75, 3.05) is 26.4 Å². The molecule has 10 nitrogen and oxygen atoms in total. The van der Waals surface area contributed by atoms with Crippen molar-refractivity contribution in [2.45, 2.75) is 96.2 Å².